The van der Waals surface area contributed by atoms with Crippen LogP contribution >= 0.6 is 24.0 Å². The van der Waals surface area contributed by atoms with Gasteiger partial charge in [0.2, 0.25) is 5.89 Å². The molecule has 0 saturated heterocycles. The van der Waals surface area contributed by atoms with Gasteiger partial charge in [-0.15, -0.1) is 24.0 Å². The Kier molecular flexibility index (Phi) is 9.65. The van der Waals surface area contributed by atoms with E-state index in [1.807, 2.05) is 0 Å². The third-order valence-electron chi connectivity index (χ3n) is 6.19. The number of hydrogen-bond acceptors (Lipinski definition) is 5. The summed E-state index contributed by atoms with van der Waals surface area (Å²) in [5.74, 6) is 2.59. The van der Waals surface area contributed by atoms with Gasteiger partial charge in [0, 0.05) is 36.9 Å². The summed E-state index contributed by atoms with van der Waals surface area (Å²) >= 11 is 0. The summed E-state index contributed by atoms with van der Waals surface area (Å²) in [6.07, 6.45) is 8.61. The number of nitrogens with zero attached hydrogens (tertiary/aromatic N) is 3. The lowest BCUT2D eigenvalue weighted by Crippen LogP contribution is -2.66. The van der Waals surface area contributed by atoms with Gasteiger partial charge in [-0.05, 0) is 33.1 Å². The number of hydrogen-bond donors (Lipinski definition) is 2. The molecule has 0 aromatic carbocycles. The van der Waals surface area contributed by atoms with Gasteiger partial charge in [-0.3, -0.25) is 4.99 Å². The predicted molar refractivity (Wildman–Crippen MR) is 126 cm³/mol. The van der Waals surface area contributed by atoms with E-state index in [0.29, 0.717) is 31.0 Å². The summed E-state index contributed by atoms with van der Waals surface area (Å²) in [5, 5.41) is 11.1. The maximum atomic E-state index is 6.08. The molecule has 2 saturated carbocycles. The lowest BCUT2D eigenvalue weighted by molar-refractivity contribution is -0.145. The highest BCUT2D eigenvalue weighted by Crippen LogP contribution is 2.53. The van der Waals surface area contributed by atoms with Crippen molar-refractivity contribution in [3.8, 4) is 0 Å². The highest BCUT2D eigenvalue weighted by atomic mass is 127. The maximum absolute atomic E-state index is 6.08. The molecule has 2 aliphatic rings. The Hall–Kier alpha value is -0.900. The SMILES string of the molecule is CCNC(=NCCc1nc(C(C)C)no1)NC1CC(OCC)C12CCCCC2.I. The van der Waals surface area contributed by atoms with Crippen molar-refractivity contribution in [2.45, 2.75) is 90.7 Å². The molecule has 2 fully saturated rings. The molecule has 2 unspecified atom stereocenters. The molecule has 0 bridgehead atoms. The summed E-state index contributed by atoms with van der Waals surface area (Å²) in [5.41, 5.74) is 0.281. The van der Waals surface area contributed by atoms with Crippen LogP contribution in [0.5, 0.6) is 0 Å². The highest BCUT2D eigenvalue weighted by Gasteiger charge is 2.55. The molecule has 166 valence electrons. The molecule has 1 aromatic heterocycles. The summed E-state index contributed by atoms with van der Waals surface area (Å²) in [7, 11) is 0. The van der Waals surface area contributed by atoms with Gasteiger partial charge in [0.05, 0.1) is 12.6 Å². The standard InChI is InChI=1S/C21H37N5O2.HI/c1-5-22-20(23-13-10-18-25-19(15(3)4)26-28-18)24-16-14-17(27-6-2)21(16)11-8-7-9-12-21;/h15-17H,5-14H2,1-4H3,(H2,22,23,24);1H. The van der Waals surface area contributed by atoms with Gasteiger partial charge in [0.1, 0.15) is 0 Å². The minimum atomic E-state index is 0. The van der Waals surface area contributed by atoms with Crippen molar-refractivity contribution in [3.05, 3.63) is 11.7 Å². The average Bonchev–Trinajstić information content (AvgIpc) is 3.17. The van der Waals surface area contributed by atoms with Crippen LogP contribution in [0.25, 0.3) is 0 Å². The molecule has 0 amide bonds. The Balaban J connectivity index is 0.00000300. The molecular formula is C21H38IN5O2. The zero-order valence-electron chi connectivity index (χ0n) is 18.4. The molecule has 1 spiro atoms. The zero-order valence-corrected chi connectivity index (χ0v) is 20.7. The van der Waals surface area contributed by atoms with E-state index in [0.717, 1.165) is 31.4 Å². The van der Waals surface area contributed by atoms with Crippen molar-refractivity contribution in [2.75, 3.05) is 19.7 Å². The van der Waals surface area contributed by atoms with Crippen LogP contribution in [-0.4, -0.2) is 47.9 Å². The van der Waals surface area contributed by atoms with Gasteiger partial charge < -0.3 is 19.9 Å². The van der Waals surface area contributed by atoms with Crippen molar-refractivity contribution in [3.63, 3.8) is 0 Å². The average molecular weight is 519 g/mol. The summed E-state index contributed by atoms with van der Waals surface area (Å²) < 4.78 is 11.4. The Labute approximate surface area is 192 Å². The van der Waals surface area contributed by atoms with Gasteiger partial charge in [-0.25, -0.2) is 0 Å². The second-order valence-electron chi connectivity index (χ2n) is 8.38. The number of aliphatic imine (C=N–C) groups is 1. The monoisotopic (exact) mass is 519 g/mol. The molecule has 0 aliphatic heterocycles. The number of aromatic nitrogens is 2. The van der Waals surface area contributed by atoms with Gasteiger partial charge >= 0.3 is 0 Å². The first-order valence-corrected chi connectivity index (χ1v) is 11.1. The van der Waals surface area contributed by atoms with Crippen LogP contribution in [0, 0.1) is 5.41 Å². The van der Waals surface area contributed by atoms with Crippen LogP contribution in [-0.2, 0) is 11.2 Å². The minimum absolute atomic E-state index is 0. The van der Waals surface area contributed by atoms with E-state index in [2.05, 4.69) is 48.5 Å². The molecule has 1 aromatic rings. The first kappa shape index (κ1) is 24.4. The van der Waals surface area contributed by atoms with Gasteiger partial charge in [-0.2, -0.15) is 4.98 Å². The quantitative estimate of drug-likeness (QED) is 0.307. The summed E-state index contributed by atoms with van der Waals surface area (Å²) in [4.78, 5) is 9.19. The van der Waals surface area contributed by atoms with Gasteiger partial charge in [-0.1, -0.05) is 38.3 Å². The topological polar surface area (TPSA) is 84.6 Å². The van der Waals surface area contributed by atoms with Crippen LogP contribution in [0.4, 0.5) is 0 Å². The maximum Gasteiger partial charge on any atom is 0.228 e. The number of rotatable bonds is 8. The molecule has 8 heteroatoms. The fraction of sp³-hybridized carbons (Fsp3) is 0.857. The van der Waals surface area contributed by atoms with Gasteiger partial charge in [0.15, 0.2) is 11.8 Å². The molecule has 2 atom stereocenters. The lowest BCUT2D eigenvalue weighted by atomic mass is 9.55. The second kappa shape index (κ2) is 11.5. The van der Waals surface area contributed by atoms with Crippen LogP contribution in [0.1, 0.15) is 83.9 Å². The van der Waals surface area contributed by atoms with E-state index in [4.69, 9.17) is 14.3 Å². The Morgan fingerprint density at radius 1 is 1.28 bits per heavy atom. The van der Waals surface area contributed by atoms with E-state index >= 15 is 0 Å². The van der Waals surface area contributed by atoms with Gasteiger partial charge in [0.25, 0.3) is 0 Å². The number of ether oxygens (including phenoxy) is 1. The molecule has 7 nitrogen and oxygen atoms in total. The van der Waals surface area contributed by atoms with Crippen LogP contribution < -0.4 is 10.6 Å². The van der Waals surface area contributed by atoms with E-state index in [1.54, 1.807) is 0 Å². The molecule has 1 heterocycles. The van der Waals surface area contributed by atoms with Crippen molar-refractivity contribution in [2.24, 2.45) is 10.4 Å². The number of guanidine groups is 1. The largest absolute Gasteiger partial charge is 0.378 e. The van der Waals surface area contributed by atoms with Crippen molar-refractivity contribution >= 4 is 29.9 Å². The summed E-state index contributed by atoms with van der Waals surface area (Å²) in [6.45, 7) is 10.6. The van der Waals surface area contributed by atoms with E-state index in [-0.39, 0.29) is 35.3 Å². The normalized spacial score (nSPS) is 23.6. The molecule has 29 heavy (non-hydrogen) atoms. The smallest absolute Gasteiger partial charge is 0.228 e. The Morgan fingerprint density at radius 2 is 2.03 bits per heavy atom. The van der Waals surface area contributed by atoms with E-state index in [9.17, 15) is 0 Å². The number of nitrogens with one attached hydrogen (secondary N) is 2. The molecular weight excluding hydrogens is 481 g/mol. The predicted octanol–water partition coefficient (Wildman–Crippen LogP) is 4.04. The number of halogens is 1. The lowest BCUT2D eigenvalue weighted by Gasteiger charge is -2.58. The van der Waals surface area contributed by atoms with Crippen LogP contribution in [0.3, 0.4) is 0 Å². The van der Waals surface area contributed by atoms with Crippen molar-refractivity contribution in [1.82, 2.24) is 20.8 Å². The van der Waals surface area contributed by atoms with Crippen LogP contribution in [0.2, 0.25) is 0 Å². The fourth-order valence-corrected chi connectivity index (χ4v) is 4.62. The molecule has 2 N–H and O–H groups in total. The van der Waals surface area contributed by atoms with E-state index in [1.165, 1.54) is 32.1 Å². The first-order valence-electron chi connectivity index (χ1n) is 11.1. The third-order valence-corrected chi connectivity index (χ3v) is 6.19. The van der Waals surface area contributed by atoms with Crippen molar-refractivity contribution in [1.29, 1.82) is 0 Å². The zero-order chi connectivity index (χ0) is 20.0. The summed E-state index contributed by atoms with van der Waals surface area (Å²) in [6, 6.07) is 0.443. The Morgan fingerprint density at radius 3 is 2.66 bits per heavy atom. The molecule has 2 aliphatic carbocycles. The third kappa shape index (κ3) is 5.83. The molecule has 0 radical (unpaired) electrons. The second-order valence-corrected chi connectivity index (χ2v) is 8.38. The Bertz CT molecular complexity index is 643. The van der Waals surface area contributed by atoms with Crippen molar-refractivity contribution < 1.29 is 9.26 Å². The fourth-order valence-electron chi connectivity index (χ4n) is 4.62. The molecule has 3 rings (SSSR count). The first-order chi connectivity index (χ1) is 13.6. The minimum Gasteiger partial charge on any atom is -0.378 e. The van der Waals surface area contributed by atoms with Crippen LogP contribution in [0.15, 0.2) is 9.52 Å². The van der Waals surface area contributed by atoms with E-state index < -0.39 is 0 Å². The highest BCUT2D eigenvalue weighted by molar-refractivity contribution is 14.0.